The van der Waals surface area contributed by atoms with Gasteiger partial charge < -0.3 is 29.0 Å². The molecule has 9 nitrogen and oxygen atoms in total. The lowest BCUT2D eigenvalue weighted by molar-refractivity contribution is -0.141. The molecular weight excluding hydrogens is 370 g/mol. The van der Waals surface area contributed by atoms with Crippen LogP contribution < -0.4 is 15.0 Å². The number of hydrogen-bond acceptors (Lipinski definition) is 7. The summed E-state index contributed by atoms with van der Waals surface area (Å²) in [4.78, 5) is 36.1. The summed E-state index contributed by atoms with van der Waals surface area (Å²) in [5, 5.41) is 19.6. The molecule has 28 heavy (non-hydrogen) atoms. The van der Waals surface area contributed by atoms with Crippen molar-refractivity contribution in [2.45, 2.75) is 25.8 Å². The van der Waals surface area contributed by atoms with Crippen LogP contribution in [0.2, 0.25) is 0 Å². The van der Waals surface area contributed by atoms with Crippen molar-refractivity contribution < 1.29 is 34.0 Å². The van der Waals surface area contributed by atoms with Gasteiger partial charge >= 0.3 is 11.9 Å². The first kappa shape index (κ1) is 19.3. The van der Waals surface area contributed by atoms with Gasteiger partial charge in [-0.1, -0.05) is 6.07 Å². The Morgan fingerprint density at radius 3 is 2.64 bits per heavy atom. The first-order chi connectivity index (χ1) is 13.3. The maximum Gasteiger partial charge on any atom is 0.323 e. The van der Waals surface area contributed by atoms with Crippen molar-refractivity contribution in [3.05, 3.63) is 51.4 Å². The number of pyridine rings is 1. The topological polar surface area (TPSA) is 124 Å². The molecule has 1 atom stereocenters. The zero-order valence-electron chi connectivity index (χ0n) is 15.3. The minimum absolute atomic E-state index is 0.0572. The number of methoxy groups -OCH3 is 1. The molecule has 0 aliphatic carbocycles. The molecule has 1 aromatic carbocycles. The number of fused-ring (bicyclic) bond motifs is 1. The van der Waals surface area contributed by atoms with E-state index >= 15 is 0 Å². The monoisotopic (exact) mass is 389 g/mol. The average molecular weight is 389 g/mol. The number of aromatic nitrogens is 1. The standard InChI is InChI=1S/C19H19NO8/c1-10-5-13(21)18(19(25)20(10)8-16(22)23)12(7-17(24)26-2)11-3-4-14-15(6-11)28-9-27-14/h3-6,12,21H,7-9H2,1-2H3,(H,22,23). The van der Waals surface area contributed by atoms with E-state index in [0.29, 0.717) is 17.1 Å². The summed E-state index contributed by atoms with van der Waals surface area (Å²) < 4.78 is 16.4. The zero-order chi connectivity index (χ0) is 20.4. The highest BCUT2D eigenvalue weighted by atomic mass is 16.7. The maximum absolute atomic E-state index is 13.0. The van der Waals surface area contributed by atoms with E-state index in [2.05, 4.69) is 0 Å². The molecule has 2 aromatic rings. The van der Waals surface area contributed by atoms with Crippen LogP contribution in [0.15, 0.2) is 29.1 Å². The highest BCUT2D eigenvalue weighted by molar-refractivity contribution is 5.72. The van der Waals surface area contributed by atoms with Crippen LogP contribution in [0.4, 0.5) is 0 Å². The summed E-state index contributed by atoms with van der Waals surface area (Å²) in [7, 11) is 1.22. The van der Waals surface area contributed by atoms with E-state index in [0.717, 1.165) is 4.57 Å². The third kappa shape index (κ3) is 3.64. The molecule has 0 fully saturated rings. The second-order valence-corrected chi connectivity index (χ2v) is 6.32. The normalized spacial score (nSPS) is 13.2. The van der Waals surface area contributed by atoms with Crippen molar-refractivity contribution in [3.8, 4) is 17.2 Å². The van der Waals surface area contributed by atoms with Gasteiger partial charge in [0.2, 0.25) is 6.79 Å². The molecule has 1 aromatic heterocycles. The number of hydrogen-bond donors (Lipinski definition) is 2. The Balaban J connectivity index is 2.17. The zero-order valence-corrected chi connectivity index (χ0v) is 15.3. The number of esters is 1. The highest BCUT2D eigenvalue weighted by Gasteiger charge is 2.28. The molecule has 0 saturated carbocycles. The quantitative estimate of drug-likeness (QED) is 0.710. The number of benzene rings is 1. The van der Waals surface area contributed by atoms with Crippen molar-refractivity contribution in [3.63, 3.8) is 0 Å². The van der Waals surface area contributed by atoms with Crippen LogP contribution in [0.5, 0.6) is 17.2 Å². The third-order valence-corrected chi connectivity index (χ3v) is 4.56. The van der Waals surface area contributed by atoms with Crippen LogP contribution in [-0.2, 0) is 20.9 Å². The predicted octanol–water partition coefficient (Wildman–Crippen LogP) is 1.37. The van der Waals surface area contributed by atoms with Gasteiger partial charge in [0, 0.05) is 11.6 Å². The van der Waals surface area contributed by atoms with Crippen LogP contribution in [-0.4, -0.2) is 40.6 Å². The van der Waals surface area contributed by atoms with Gasteiger partial charge in [0.25, 0.3) is 5.56 Å². The van der Waals surface area contributed by atoms with Crippen LogP contribution in [0, 0.1) is 6.92 Å². The van der Waals surface area contributed by atoms with E-state index in [1.807, 2.05) is 0 Å². The second-order valence-electron chi connectivity index (χ2n) is 6.32. The van der Waals surface area contributed by atoms with E-state index in [4.69, 9.17) is 19.3 Å². The molecular formula is C19H19NO8. The molecule has 0 bridgehead atoms. The first-order valence-electron chi connectivity index (χ1n) is 8.43. The van der Waals surface area contributed by atoms with Gasteiger partial charge in [-0.05, 0) is 30.7 Å². The van der Waals surface area contributed by atoms with Gasteiger partial charge in [-0.2, -0.15) is 0 Å². The van der Waals surface area contributed by atoms with Crippen molar-refractivity contribution >= 4 is 11.9 Å². The molecule has 2 heterocycles. The van der Waals surface area contributed by atoms with E-state index < -0.39 is 30.0 Å². The summed E-state index contributed by atoms with van der Waals surface area (Å²) in [5.41, 5.74) is 0.0338. The molecule has 1 aliphatic heterocycles. The molecule has 3 rings (SSSR count). The maximum atomic E-state index is 13.0. The molecule has 0 amide bonds. The molecule has 148 valence electrons. The lowest BCUT2D eigenvalue weighted by Gasteiger charge is -2.20. The second kappa shape index (κ2) is 7.63. The molecule has 1 aliphatic rings. The fourth-order valence-electron chi connectivity index (χ4n) is 3.19. The van der Waals surface area contributed by atoms with Crippen LogP contribution in [0.3, 0.4) is 0 Å². The van der Waals surface area contributed by atoms with Gasteiger partial charge in [-0.25, -0.2) is 0 Å². The van der Waals surface area contributed by atoms with Gasteiger partial charge in [0.05, 0.1) is 19.1 Å². The van der Waals surface area contributed by atoms with Crippen molar-refractivity contribution in [1.29, 1.82) is 0 Å². The van der Waals surface area contributed by atoms with Crippen molar-refractivity contribution in [1.82, 2.24) is 4.57 Å². The van der Waals surface area contributed by atoms with Crippen molar-refractivity contribution in [2.75, 3.05) is 13.9 Å². The minimum Gasteiger partial charge on any atom is -0.507 e. The lowest BCUT2D eigenvalue weighted by Crippen LogP contribution is -2.30. The summed E-state index contributed by atoms with van der Waals surface area (Å²) in [6.45, 7) is 1.01. The van der Waals surface area contributed by atoms with Gasteiger partial charge in [0.1, 0.15) is 12.3 Å². The number of carbonyl (C=O) groups is 2. The number of aryl methyl sites for hydroxylation is 1. The van der Waals surface area contributed by atoms with E-state index in [1.165, 1.54) is 20.1 Å². The number of carboxylic acids is 1. The van der Waals surface area contributed by atoms with Crippen LogP contribution in [0.1, 0.15) is 29.2 Å². The molecule has 9 heteroatoms. The molecule has 0 spiro atoms. The highest BCUT2D eigenvalue weighted by Crippen LogP contribution is 2.39. The fraction of sp³-hybridized carbons (Fsp3) is 0.316. The van der Waals surface area contributed by atoms with Gasteiger partial charge in [-0.3, -0.25) is 14.4 Å². The fourth-order valence-corrected chi connectivity index (χ4v) is 3.19. The molecule has 0 radical (unpaired) electrons. The number of nitrogens with zero attached hydrogens (tertiary/aromatic N) is 1. The number of ether oxygens (including phenoxy) is 3. The largest absolute Gasteiger partial charge is 0.507 e. The first-order valence-corrected chi connectivity index (χ1v) is 8.43. The Labute approximate surface area is 159 Å². The number of aliphatic carboxylic acids is 1. The van der Waals surface area contributed by atoms with Crippen LogP contribution in [0.25, 0.3) is 0 Å². The number of carbonyl (C=O) groups excluding carboxylic acids is 1. The van der Waals surface area contributed by atoms with Crippen LogP contribution >= 0.6 is 0 Å². The number of aromatic hydroxyl groups is 1. The Morgan fingerprint density at radius 2 is 1.96 bits per heavy atom. The number of carboxylic acid groups (broad SMARTS) is 1. The Hall–Kier alpha value is -3.49. The summed E-state index contributed by atoms with van der Waals surface area (Å²) in [6, 6.07) is 6.22. The minimum atomic E-state index is -1.20. The summed E-state index contributed by atoms with van der Waals surface area (Å²) in [6.07, 6.45) is -0.227. The summed E-state index contributed by atoms with van der Waals surface area (Å²) >= 11 is 0. The van der Waals surface area contributed by atoms with Gasteiger partial charge in [-0.15, -0.1) is 0 Å². The van der Waals surface area contributed by atoms with E-state index in [-0.39, 0.29) is 30.2 Å². The van der Waals surface area contributed by atoms with E-state index in [1.54, 1.807) is 18.2 Å². The summed E-state index contributed by atoms with van der Waals surface area (Å²) in [5.74, 6) is -2.01. The average Bonchev–Trinajstić information content (AvgIpc) is 3.11. The predicted molar refractivity (Wildman–Crippen MR) is 95.8 cm³/mol. The third-order valence-electron chi connectivity index (χ3n) is 4.56. The molecule has 0 saturated heterocycles. The van der Waals surface area contributed by atoms with Gasteiger partial charge in [0.15, 0.2) is 11.5 Å². The van der Waals surface area contributed by atoms with E-state index in [9.17, 15) is 19.5 Å². The molecule has 1 unspecified atom stereocenters. The molecule has 2 N–H and O–H groups in total. The lowest BCUT2D eigenvalue weighted by atomic mass is 9.88. The Morgan fingerprint density at radius 1 is 1.25 bits per heavy atom. The smallest absolute Gasteiger partial charge is 0.323 e. The van der Waals surface area contributed by atoms with Crippen molar-refractivity contribution in [2.24, 2.45) is 0 Å². The Bertz CT molecular complexity index is 994. The SMILES string of the molecule is COC(=O)CC(c1ccc2c(c1)OCO2)c1c(O)cc(C)n(CC(=O)O)c1=O. The number of rotatable bonds is 6. The Kier molecular flexibility index (Phi) is 5.25.